The van der Waals surface area contributed by atoms with Crippen molar-refractivity contribution in [3.63, 3.8) is 0 Å². The molecule has 0 atom stereocenters. The third-order valence-electron chi connectivity index (χ3n) is 3.56. The Bertz CT molecular complexity index is 496. The van der Waals surface area contributed by atoms with Gasteiger partial charge in [-0.1, -0.05) is 0 Å². The zero-order chi connectivity index (χ0) is 13.9. The summed E-state index contributed by atoms with van der Waals surface area (Å²) in [6.45, 7) is 3.50. The summed E-state index contributed by atoms with van der Waals surface area (Å²) in [5.41, 5.74) is 0.881. The Balaban J connectivity index is 1.82. The first kappa shape index (κ1) is 13.2. The summed E-state index contributed by atoms with van der Waals surface area (Å²) in [5.74, 6) is -0.00340. The van der Waals surface area contributed by atoms with Crippen molar-refractivity contribution in [2.75, 3.05) is 37.8 Å². The summed E-state index contributed by atoms with van der Waals surface area (Å²) in [7, 11) is 0. The largest absolute Gasteiger partial charge is 0.477 e. The van der Waals surface area contributed by atoms with Gasteiger partial charge in [-0.3, -0.25) is 0 Å². The number of carboxylic acid groups (broad SMARTS) is 1. The molecule has 6 heteroatoms. The molecule has 1 aliphatic carbocycles. The van der Waals surface area contributed by atoms with Gasteiger partial charge in [-0.25, -0.2) is 9.78 Å². The Morgan fingerprint density at radius 2 is 2.15 bits per heavy atom. The van der Waals surface area contributed by atoms with Gasteiger partial charge in [0.05, 0.1) is 19.8 Å². The molecule has 0 bridgehead atoms. The van der Waals surface area contributed by atoms with Crippen LogP contribution in [0.3, 0.4) is 0 Å². The van der Waals surface area contributed by atoms with Crippen LogP contribution in [0.1, 0.15) is 23.3 Å². The van der Waals surface area contributed by atoms with E-state index in [0.29, 0.717) is 31.6 Å². The number of pyridine rings is 1. The summed E-state index contributed by atoms with van der Waals surface area (Å²) >= 11 is 0. The molecule has 1 N–H and O–H groups in total. The Morgan fingerprint density at radius 3 is 2.80 bits per heavy atom. The number of rotatable bonds is 5. The van der Waals surface area contributed by atoms with Crippen LogP contribution >= 0.6 is 0 Å². The van der Waals surface area contributed by atoms with Crippen molar-refractivity contribution in [3.8, 4) is 5.88 Å². The SMILES string of the molecule is O=C(O)c1ccc(N2CCOCC2)c(OCC2CC2)n1. The molecule has 2 fully saturated rings. The minimum Gasteiger partial charge on any atom is -0.477 e. The van der Waals surface area contributed by atoms with E-state index in [1.807, 2.05) is 0 Å². The van der Waals surface area contributed by atoms with Crippen LogP contribution in [0.25, 0.3) is 0 Å². The van der Waals surface area contributed by atoms with Crippen LogP contribution in [0.15, 0.2) is 12.1 Å². The highest BCUT2D eigenvalue weighted by molar-refractivity contribution is 5.86. The second kappa shape index (κ2) is 5.66. The predicted octanol–water partition coefficient (Wildman–Crippen LogP) is 1.41. The molecule has 6 nitrogen and oxygen atoms in total. The molecule has 0 aromatic carbocycles. The van der Waals surface area contributed by atoms with E-state index < -0.39 is 5.97 Å². The van der Waals surface area contributed by atoms with Gasteiger partial charge in [0.15, 0.2) is 5.69 Å². The molecule has 1 aromatic heterocycles. The summed E-state index contributed by atoms with van der Waals surface area (Å²) in [6.07, 6.45) is 2.37. The summed E-state index contributed by atoms with van der Waals surface area (Å²) < 4.78 is 11.1. The lowest BCUT2D eigenvalue weighted by molar-refractivity contribution is 0.0689. The van der Waals surface area contributed by atoms with E-state index in [0.717, 1.165) is 18.8 Å². The molecular formula is C14H18N2O4. The van der Waals surface area contributed by atoms with Crippen LogP contribution in [0.4, 0.5) is 5.69 Å². The van der Waals surface area contributed by atoms with E-state index in [9.17, 15) is 4.79 Å². The molecule has 1 aliphatic heterocycles. The number of anilines is 1. The number of carbonyl (C=O) groups is 1. The summed E-state index contributed by atoms with van der Waals surface area (Å²) in [4.78, 5) is 17.3. The third-order valence-corrected chi connectivity index (χ3v) is 3.56. The number of hydrogen-bond acceptors (Lipinski definition) is 5. The molecule has 1 aromatic rings. The van der Waals surface area contributed by atoms with Crippen LogP contribution in [0.5, 0.6) is 5.88 Å². The normalized spacial score (nSPS) is 18.9. The van der Waals surface area contributed by atoms with E-state index in [2.05, 4.69) is 9.88 Å². The first-order valence-electron chi connectivity index (χ1n) is 6.94. The number of aromatic carboxylic acids is 1. The Labute approximate surface area is 117 Å². The first-order chi connectivity index (χ1) is 9.74. The molecule has 2 aliphatic rings. The van der Waals surface area contributed by atoms with E-state index in [-0.39, 0.29) is 5.69 Å². The highest BCUT2D eigenvalue weighted by atomic mass is 16.5. The molecule has 0 radical (unpaired) electrons. The zero-order valence-corrected chi connectivity index (χ0v) is 11.2. The van der Waals surface area contributed by atoms with Crippen molar-refractivity contribution in [1.29, 1.82) is 0 Å². The lowest BCUT2D eigenvalue weighted by atomic mass is 10.2. The molecule has 3 rings (SSSR count). The van der Waals surface area contributed by atoms with E-state index in [1.165, 1.54) is 18.9 Å². The fourth-order valence-corrected chi connectivity index (χ4v) is 2.18. The minimum absolute atomic E-state index is 0.0211. The van der Waals surface area contributed by atoms with Gasteiger partial charge < -0.3 is 19.5 Å². The lowest BCUT2D eigenvalue weighted by Crippen LogP contribution is -2.36. The van der Waals surface area contributed by atoms with Gasteiger partial charge in [-0.2, -0.15) is 0 Å². The maximum atomic E-state index is 11.0. The quantitative estimate of drug-likeness (QED) is 0.878. The maximum Gasteiger partial charge on any atom is 0.354 e. The van der Waals surface area contributed by atoms with E-state index in [4.69, 9.17) is 14.6 Å². The standard InChI is InChI=1S/C14H18N2O4/c17-14(18)11-3-4-12(16-5-7-19-8-6-16)13(15-11)20-9-10-1-2-10/h3-4,10H,1-2,5-9H2,(H,17,18). The topological polar surface area (TPSA) is 71.9 Å². The second-order valence-corrected chi connectivity index (χ2v) is 5.18. The second-order valence-electron chi connectivity index (χ2n) is 5.18. The number of hydrogen-bond donors (Lipinski definition) is 1. The number of morpholine rings is 1. The van der Waals surface area contributed by atoms with Crippen LogP contribution in [-0.4, -0.2) is 49.0 Å². The van der Waals surface area contributed by atoms with Gasteiger partial charge >= 0.3 is 5.97 Å². The Hall–Kier alpha value is -1.82. The van der Waals surface area contributed by atoms with Crippen molar-refractivity contribution in [3.05, 3.63) is 17.8 Å². The summed E-state index contributed by atoms with van der Waals surface area (Å²) in [6, 6.07) is 3.31. The Morgan fingerprint density at radius 1 is 1.40 bits per heavy atom. The molecule has 1 saturated carbocycles. The molecule has 1 saturated heterocycles. The highest BCUT2D eigenvalue weighted by Gasteiger charge is 2.24. The van der Waals surface area contributed by atoms with Gasteiger partial charge in [0.2, 0.25) is 5.88 Å². The number of aromatic nitrogens is 1. The van der Waals surface area contributed by atoms with Crippen molar-refractivity contribution >= 4 is 11.7 Å². The highest BCUT2D eigenvalue weighted by Crippen LogP contribution is 2.32. The van der Waals surface area contributed by atoms with Gasteiger partial charge in [0.25, 0.3) is 0 Å². The van der Waals surface area contributed by atoms with Gasteiger partial charge in [0, 0.05) is 13.1 Å². The molecule has 0 unspecified atom stereocenters. The average Bonchev–Trinajstić information content (AvgIpc) is 3.30. The molecule has 0 amide bonds. The number of ether oxygens (including phenoxy) is 2. The van der Waals surface area contributed by atoms with Crippen LogP contribution < -0.4 is 9.64 Å². The van der Waals surface area contributed by atoms with Crippen molar-refractivity contribution in [2.24, 2.45) is 5.92 Å². The molecule has 2 heterocycles. The molecule has 108 valence electrons. The minimum atomic E-state index is -1.03. The van der Waals surface area contributed by atoms with E-state index in [1.54, 1.807) is 6.07 Å². The fourth-order valence-electron chi connectivity index (χ4n) is 2.18. The van der Waals surface area contributed by atoms with Crippen molar-refractivity contribution < 1.29 is 19.4 Å². The maximum absolute atomic E-state index is 11.0. The number of nitrogens with zero attached hydrogens (tertiary/aromatic N) is 2. The number of carboxylic acids is 1. The van der Waals surface area contributed by atoms with Gasteiger partial charge in [-0.05, 0) is 30.9 Å². The van der Waals surface area contributed by atoms with Crippen molar-refractivity contribution in [2.45, 2.75) is 12.8 Å². The van der Waals surface area contributed by atoms with Crippen LogP contribution in [-0.2, 0) is 4.74 Å². The first-order valence-corrected chi connectivity index (χ1v) is 6.94. The predicted molar refractivity (Wildman–Crippen MR) is 72.4 cm³/mol. The fraction of sp³-hybridized carbons (Fsp3) is 0.571. The van der Waals surface area contributed by atoms with Crippen LogP contribution in [0.2, 0.25) is 0 Å². The van der Waals surface area contributed by atoms with Crippen LogP contribution in [0, 0.1) is 5.92 Å². The van der Waals surface area contributed by atoms with Crippen molar-refractivity contribution in [1.82, 2.24) is 4.98 Å². The van der Waals surface area contributed by atoms with E-state index >= 15 is 0 Å². The van der Waals surface area contributed by atoms with Gasteiger partial charge in [-0.15, -0.1) is 0 Å². The smallest absolute Gasteiger partial charge is 0.354 e. The molecule has 20 heavy (non-hydrogen) atoms. The zero-order valence-electron chi connectivity index (χ0n) is 11.2. The summed E-state index contributed by atoms with van der Waals surface area (Å²) in [5, 5.41) is 9.05. The monoisotopic (exact) mass is 278 g/mol. The Kier molecular flexibility index (Phi) is 3.73. The van der Waals surface area contributed by atoms with Gasteiger partial charge in [0.1, 0.15) is 5.69 Å². The molecular weight excluding hydrogens is 260 g/mol. The lowest BCUT2D eigenvalue weighted by Gasteiger charge is -2.29. The third kappa shape index (κ3) is 3.01. The molecule has 0 spiro atoms. The average molecular weight is 278 g/mol.